The molecule has 5 aliphatic rings. The number of hydrogen-bond donors (Lipinski definition) is 14. The number of hydrogen-bond acceptors (Lipinski definition) is 26. The number of hydrazine groups is 3. The van der Waals surface area contributed by atoms with E-state index in [0.29, 0.717) is 50.7 Å². The molecule has 3 aromatic rings. The Labute approximate surface area is 661 Å². The zero-order valence-corrected chi connectivity index (χ0v) is 65.6. The first-order chi connectivity index (χ1) is 54.7. The lowest BCUT2D eigenvalue weighted by atomic mass is 9.84. The van der Waals surface area contributed by atoms with Crippen LogP contribution in [0.3, 0.4) is 0 Å². The summed E-state index contributed by atoms with van der Waals surface area (Å²) in [5.41, 5.74) is 27.6. The summed E-state index contributed by atoms with van der Waals surface area (Å²) in [6, 6.07) is -5.46. The Morgan fingerprint density at radius 1 is 0.543 bits per heavy atom. The number of amides is 17. The number of esters is 3. The number of primary amides is 3. The maximum atomic E-state index is 15.4. The van der Waals surface area contributed by atoms with E-state index < -0.39 is 211 Å². The summed E-state index contributed by atoms with van der Waals surface area (Å²) in [6.45, 7) is 22.3. The Kier molecular flexibility index (Phi) is 28.8. The minimum absolute atomic E-state index is 0.0461. The number of aromatic amines is 2. The molecule has 0 spiro atoms. The summed E-state index contributed by atoms with van der Waals surface area (Å²) >= 11 is 0. The summed E-state index contributed by atoms with van der Waals surface area (Å²) in [5.74, 6) is -18.0. The highest BCUT2D eigenvalue weighted by atomic mass is 16.7. The van der Waals surface area contributed by atoms with Crippen molar-refractivity contribution in [2.24, 2.45) is 17.2 Å². The number of epoxide rings is 3. The maximum absolute atomic E-state index is 15.4. The number of ether oxygens (including phenoxy) is 6. The van der Waals surface area contributed by atoms with Crippen LogP contribution in [0, 0.1) is 6.92 Å². The summed E-state index contributed by atoms with van der Waals surface area (Å²) in [6.07, 6.45) is -7.91. The van der Waals surface area contributed by atoms with Gasteiger partial charge in [-0.2, -0.15) is 10.0 Å². The average molecular weight is 1620 g/mol. The van der Waals surface area contributed by atoms with E-state index in [2.05, 4.69) is 53.9 Å². The van der Waals surface area contributed by atoms with Gasteiger partial charge in [0.05, 0.1) is 54.4 Å². The lowest BCUT2D eigenvalue weighted by Gasteiger charge is -2.24. The number of aromatic nitrogens is 4. The van der Waals surface area contributed by atoms with Gasteiger partial charge in [0.1, 0.15) is 42.8 Å². The third kappa shape index (κ3) is 21.0. The van der Waals surface area contributed by atoms with E-state index in [1.807, 2.05) is 37.7 Å². The van der Waals surface area contributed by atoms with Crippen LogP contribution in [0.5, 0.6) is 0 Å². The van der Waals surface area contributed by atoms with Gasteiger partial charge in [-0.3, -0.25) is 83.6 Å². The number of fused-ring (bicyclic) bond motifs is 8. The maximum Gasteiger partial charge on any atom is 0.340 e. The number of aryl methyl sites for hydroxylation is 1. The normalized spacial score (nSPS) is 19.6. The first kappa shape index (κ1) is 88.5. The molecule has 5 aliphatic heterocycles. The molecular weight excluding hydrogens is 1530 g/mol. The van der Waals surface area contributed by atoms with Crippen LogP contribution < -0.4 is 65.4 Å². The smallest absolute Gasteiger partial charge is 0.340 e. The number of carbonyl (C=O) groups excluding carboxylic acids is 18. The first-order valence-corrected chi connectivity index (χ1v) is 36.8. The molecular formula is C73H93N19O24. The molecule has 3 saturated heterocycles. The predicted octanol–water partition coefficient (Wildman–Crippen LogP) is -2.33. The van der Waals surface area contributed by atoms with Crippen LogP contribution in [0.4, 0.5) is 9.59 Å². The summed E-state index contributed by atoms with van der Waals surface area (Å²) in [7, 11) is 0. The quantitative estimate of drug-likeness (QED) is 0.0139. The lowest BCUT2D eigenvalue weighted by molar-refractivity contribution is -0.146. The largest absolute Gasteiger partial charge is 0.464 e. The van der Waals surface area contributed by atoms with Gasteiger partial charge in [-0.15, -0.1) is 0 Å². The molecule has 0 saturated carbocycles. The third-order valence-corrected chi connectivity index (χ3v) is 19.0. The van der Waals surface area contributed by atoms with Gasteiger partial charge in [0.25, 0.3) is 41.4 Å². The number of imide groups is 2. The van der Waals surface area contributed by atoms with Crippen LogP contribution in [0.15, 0.2) is 30.8 Å². The minimum atomic E-state index is -1.59. The van der Waals surface area contributed by atoms with Crippen LogP contribution in [0.1, 0.15) is 164 Å². The van der Waals surface area contributed by atoms with E-state index in [1.54, 1.807) is 25.1 Å². The summed E-state index contributed by atoms with van der Waals surface area (Å²) in [5, 5.41) is 15.7. The van der Waals surface area contributed by atoms with Crippen molar-refractivity contribution in [1.82, 2.24) is 83.1 Å². The number of H-pyrrole nitrogens is 2. The fraction of sp³-hybridized carbons (Fsp3) is 0.479. The fourth-order valence-corrected chi connectivity index (χ4v) is 12.5. The highest BCUT2D eigenvalue weighted by Crippen LogP contribution is 2.43. The van der Waals surface area contributed by atoms with Gasteiger partial charge in [0, 0.05) is 51.6 Å². The Morgan fingerprint density at radius 3 is 1.46 bits per heavy atom. The van der Waals surface area contributed by atoms with Crippen molar-refractivity contribution in [3.63, 3.8) is 0 Å². The molecule has 8 bridgehead atoms. The van der Waals surface area contributed by atoms with E-state index in [9.17, 15) is 76.7 Å². The zero-order chi connectivity index (χ0) is 85.9. The highest BCUT2D eigenvalue weighted by Gasteiger charge is 2.56. The number of nitrogens with two attached hydrogens (primary N) is 3. The van der Waals surface area contributed by atoms with Crippen molar-refractivity contribution in [2.75, 3.05) is 26.4 Å². The molecule has 43 nitrogen and oxygen atoms in total. The molecule has 8 heterocycles. The van der Waals surface area contributed by atoms with Gasteiger partial charge >= 0.3 is 30.0 Å². The molecule has 8 rings (SSSR count). The molecule has 0 aromatic carbocycles. The van der Waals surface area contributed by atoms with Gasteiger partial charge in [-0.05, 0) is 130 Å². The highest BCUT2D eigenvalue weighted by molar-refractivity contribution is 6.08. The van der Waals surface area contributed by atoms with Gasteiger partial charge < -0.3 is 87.5 Å². The second-order valence-electron chi connectivity index (χ2n) is 27.5. The number of allylic oxidation sites excluding steroid dienone is 2. The molecule has 0 aliphatic carbocycles. The number of nitrogens with one attached hydrogen (secondary N) is 11. The van der Waals surface area contributed by atoms with E-state index in [-0.39, 0.29) is 64.1 Å². The van der Waals surface area contributed by atoms with Crippen molar-refractivity contribution >= 4 is 146 Å². The molecule has 6 unspecified atom stereocenters. The first-order valence-electron chi connectivity index (χ1n) is 36.8. The second-order valence-corrected chi connectivity index (χ2v) is 27.5. The van der Waals surface area contributed by atoms with E-state index in [0.717, 1.165) is 18.1 Å². The molecule has 17 amide bonds. The molecule has 116 heavy (non-hydrogen) atoms. The van der Waals surface area contributed by atoms with Crippen molar-refractivity contribution in [3.05, 3.63) is 75.9 Å². The van der Waals surface area contributed by atoms with Crippen LogP contribution in [0.2, 0.25) is 0 Å². The van der Waals surface area contributed by atoms with Gasteiger partial charge in [-0.1, -0.05) is 26.5 Å². The van der Waals surface area contributed by atoms with Gasteiger partial charge in [0.15, 0.2) is 36.6 Å². The van der Waals surface area contributed by atoms with Crippen LogP contribution in [-0.4, -0.2) is 241 Å². The summed E-state index contributed by atoms with van der Waals surface area (Å²) < 4.78 is 29.8. The van der Waals surface area contributed by atoms with Gasteiger partial charge in [-0.25, -0.2) is 34.0 Å². The topological polar surface area (TPSA) is 626 Å². The molecule has 3 fully saturated rings. The van der Waals surface area contributed by atoms with Crippen molar-refractivity contribution in [1.29, 1.82) is 0 Å². The van der Waals surface area contributed by atoms with Crippen LogP contribution in [-0.2, 0) is 107 Å². The number of carbonyl (C=O) groups is 18. The standard InChI is InChI=1S/C73H93N19O24/c1-15-38-28(6)44-26-47-39(16-2)29(7)43(85-47)25-45-30(8)40(20-21-49(94)77-31(9)59(96)80-35(13)63(100)88-91(72(75)109)67(104)54-57(115-54)70(107)112-18-4)51(86-45)41(24-50(95)78-32(10)60(97)81-36(14)64(101)89-92(73(76)110)68(105)55-58(116-55)71(108)113-19-5)52-42(22-37(83-52)23-46(38)84-44)65(102)82-33(11)61(98)79-34(12)62(99)87-90(27-48(74)93)66(103)53-56(114-53)69(106)111-17-3/h16,22-23,25-26,30-36,40,53-58,83,85H,2,15,17-21,24,27H2,1,3-14H3,(H2,74,93)(H2,75,109)(H2,76,110)(H,77,94)(H,78,95)(H,79,98)(H,80,96)(H,81,97)(H,82,102)(H,87,99)(H,88,100)(H,89,101)/t30-,31?,32?,33?,34?,35?,36?,40-,53-,54-,55-,56+,57+,58+/m0/s1. The van der Waals surface area contributed by atoms with Crippen molar-refractivity contribution in [3.8, 4) is 0 Å². The SMILES string of the molecule is C=Cc1c(C)c2cc3nc(c(CC(=O)NC(C)C(=O)NC(C)C(=O)NN(C(N)=O)C(=O)[C@H]4O[C@H]4C(=O)OCC)c4[nH]c(cc5nc(cc1[nH]2)C(C)=C5CC)cc4C(=O)NC(C)C(=O)NC(C)C(=O)NN(CC(N)=O)C(=O)[C@H]1O[C@H]1C(=O)OCC)[C@@H](CCC(=O)NC(C)C(=O)NC(C)C(=O)NN(C(N)=O)C(=O)[C@H]1O[C@H]1C(=O)OCC)[C@@H]3C. The molecule has 17 N–H and O–H groups in total. The predicted molar refractivity (Wildman–Crippen MR) is 402 cm³/mol. The Hall–Kier alpha value is -13.1. The molecule has 3 aromatic heterocycles. The molecule has 624 valence electrons. The lowest BCUT2D eigenvalue weighted by Crippen LogP contribution is -2.59. The van der Waals surface area contributed by atoms with Crippen LogP contribution in [0.25, 0.3) is 39.3 Å². The minimum Gasteiger partial charge on any atom is -0.464 e. The monoisotopic (exact) mass is 1620 g/mol. The van der Waals surface area contributed by atoms with Crippen LogP contribution >= 0.6 is 0 Å². The van der Waals surface area contributed by atoms with Crippen molar-refractivity contribution < 1.29 is 115 Å². The average Bonchev–Trinajstić information content (AvgIpc) is 1.63. The molecule has 43 heteroatoms. The third-order valence-electron chi connectivity index (χ3n) is 19.0. The molecule has 14 atom stereocenters. The Balaban J connectivity index is 1.16. The second kappa shape index (κ2) is 37.7. The van der Waals surface area contributed by atoms with E-state index >= 15 is 9.59 Å². The number of nitrogens with zero attached hydrogens (tertiary/aromatic N) is 5. The van der Waals surface area contributed by atoms with Crippen molar-refractivity contribution in [2.45, 2.75) is 200 Å². The molecule has 0 radical (unpaired) electrons. The Morgan fingerprint density at radius 2 is 1.00 bits per heavy atom. The fourth-order valence-electron chi connectivity index (χ4n) is 12.5. The number of urea groups is 2. The summed E-state index contributed by atoms with van der Waals surface area (Å²) in [4.78, 5) is 258. The zero-order valence-electron chi connectivity index (χ0n) is 65.6. The number of rotatable bonds is 31. The van der Waals surface area contributed by atoms with Gasteiger partial charge in [0.2, 0.25) is 35.4 Å². The van der Waals surface area contributed by atoms with E-state index in [4.69, 9.17) is 55.6 Å². The Bertz CT molecular complexity index is 4760. The van der Waals surface area contributed by atoms with E-state index in [1.165, 1.54) is 61.5 Å².